The molecule has 1 fully saturated rings. The van der Waals surface area contributed by atoms with E-state index in [1.807, 2.05) is 19.1 Å². The molecule has 4 nitrogen and oxygen atoms in total. The van der Waals surface area contributed by atoms with Gasteiger partial charge in [0.1, 0.15) is 0 Å². The molecule has 1 aliphatic carbocycles. The SMILES string of the molecule is Cc1cc(C)c(S(=O)(=O)NCC2(O)CCC2)c(C)c1. The lowest BCUT2D eigenvalue weighted by molar-refractivity contribution is -0.0271. The molecule has 2 rings (SSSR count). The monoisotopic (exact) mass is 283 g/mol. The largest absolute Gasteiger partial charge is 0.389 e. The third-order valence-electron chi connectivity index (χ3n) is 3.75. The Bertz CT molecular complexity index is 566. The fourth-order valence-corrected chi connectivity index (χ4v) is 4.22. The number of sulfonamides is 1. The number of hydrogen-bond donors (Lipinski definition) is 2. The van der Waals surface area contributed by atoms with E-state index in [-0.39, 0.29) is 6.54 Å². The van der Waals surface area contributed by atoms with E-state index in [9.17, 15) is 13.5 Å². The third-order valence-corrected chi connectivity index (χ3v) is 5.45. The van der Waals surface area contributed by atoms with Crippen LogP contribution in [0, 0.1) is 20.8 Å². The Morgan fingerprint density at radius 2 is 1.74 bits per heavy atom. The van der Waals surface area contributed by atoms with Crippen LogP contribution in [0.25, 0.3) is 0 Å². The molecule has 0 bridgehead atoms. The predicted molar refractivity (Wildman–Crippen MR) is 74.6 cm³/mol. The van der Waals surface area contributed by atoms with Crippen LogP contribution in [-0.2, 0) is 10.0 Å². The fourth-order valence-electron chi connectivity index (χ4n) is 2.65. The lowest BCUT2D eigenvalue weighted by atomic mass is 9.81. The number of nitrogens with one attached hydrogen (secondary N) is 1. The highest BCUT2D eigenvalue weighted by atomic mass is 32.2. The van der Waals surface area contributed by atoms with Crippen molar-refractivity contribution >= 4 is 10.0 Å². The first-order chi connectivity index (χ1) is 8.73. The summed E-state index contributed by atoms with van der Waals surface area (Å²) >= 11 is 0. The van der Waals surface area contributed by atoms with E-state index in [1.165, 1.54) is 0 Å². The molecule has 1 aliphatic rings. The Morgan fingerprint density at radius 1 is 1.21 bits per heavy atom. The molecular formula is C14H21NO3S. The van der Waals surface area contributed by atoms with E-state index in [0.29, 0.717) is 17.7 Å². The molecule has 2 N–H and O–H groups in total. The molecule has 0 saturated heterocycles. The quantitative estimate of drug-likeness (QED) is 0.885. The highest BCUT2D eigenvalue weighted by Gasteiger charge is 2.35. The number of hydrogen-bond acceptors (Lipinski definition) is 3. The number of rotatable bonds is 4. The maximum Gasteiger partial charge on any atom is 0.241 e. The van der Waals surface area contributed by atoms with Gasteiger partial charge in [-0.05, 0) is 51.2 Å². The lowest BCUT2D eigenvalue weighted by Crippen LogP contribution is -2.47. The second kappa shape index (κ2) is 4.89. The van der Waals surface area contributed by atoms with Crippen LogP contribution < -0.4 is 4.72 Å². The zero-order valence-electron chi connectivity index (χ0n) is 11.7. The Hall–Kier alpha value is -0.910. The van der Waals surface area contributed by atoms with Crippen LogP contribution in [0.15, 0.2) is 17.0 Å². The predicted octanol–water partition coefficient (Wildman–Crippen LogP) is 1.81. The molecule has 0 amide bonds. The van der Waals surface area contributed by atoms with Gasteiger partial charge in [-0.3, -0.25) is 0 Å². The average Bonchev–Trinajstić information content (AvgIpc) is 2.22. The van der Waals surface area contributed by atoms with E-state index in [2.05, 4.69) is 4.72 Å². The van der Waals surface area contributed by atoms with Crippen molar-refractivity contribution in [3.8, 4) is 0 Å². The normalized spacial score (nSPS) is 18.1. The molecule has 0 heterocycles. The van der Waals surface area contributed by atoms with Gasteiger partial charge in [-0.25, -0.2) is 13.1 Å². The maximum absolute atomic E-state index is 12.3. The summed E-state index contributed by atoms with van der Waals surface area (Å²) in [5.74, 6) is 0. The lowest BCUT2D eigenvalue weighted by Gasteiger charge is -2.36. The summed E-state index contributed by atoms with van der Waals surface area (Å²) in [5.41, 5.74) is 1.68. The molecular weight excluding hydrogens is 262 g/mol. The maximum atomic E-state index is 12.3. The average molecular weight is 283 g/mol. The molecule has 1 aromatic rings. The third kappa shape index (κ3) is 2.99. The van der Waals surface area contributed by atoms with Gasteiger partial charge in [0.05, 0.1) is 10.5 Å². The van der Waals surface area contributed by atoms with Gasteiger partial charge in [-0.2, -0.15) is 0 Å². The molecule has 0 aliphatic heterocycles. The van der Waals surface area contributed by atoms with Crippen molar-refractivity contribution in [2.45, 2.75) is 50.5 Å². The van der Waals surface area contributed by atoms with Crippen LogP contribution in [0.3, 0.4) is 0 Å². The van der Waals surface area contributed by atoms with Crippen molar-refractivity contribution < 1.29 is 13.5 Å². The second-order valence-electron chi connectivity index (χ2n) is 5.63. The number of benzene rings is 1. The van der Waals surface area contributed by atoms with Gasteiger partial charge in [-0.1, -0.05) is 17.7 Å². The Morgan fingerprint density at radius 3 is 2.16 bits per heavy atom. The Labute approximate surface area is 114 Å². The molecule has 0 unspecified atom stereocenters. The Balaban J connectivity index is 2.24. The van der Waals surface area contributed by atoms with Gasteiger partial charge in [0, 0.05) is 6.54 Å². The van der Waals surface area contributed by atoms with Gasteiger partial charge >= 0.3 is 0 Å². The van der Waals surface area contributed by atoms with Crippen LogP contribution in [0.4, 0.5) is 0 Å². The van der Waals surface area contributed by atoms with Crippen molar-refractivity contribution in [2.24, 2.45) is 0 Å². The van der Waals surface area contributed by atoms with Gasteiger partial charge in [-0.15, -0.1) is 0 Å². The Kier molecular flexibility index (Phi) is 3.73. The molecule has 19 heavy (non-hydrogen) atoms. The summed E-state index contributed by atoms with van der Waals surface area (Å²) in [6, 6.07) is 3.72. The van der Waals surface area contributed by atoms with Crippen molar-refractivity contribution in [3.63, 3.8) is 0 Å². The minimum Gasteiger partial charge on any atom is -0.389 e. The number of aliphatic hydroxyl groups is 1. The van der Waals surface area contributed by atoms with Crippen LogP contribution in [-0.4, -0.2) is 25.7 Å². The summed E-state index contributed by atoms with van der Waals surface area (Å²) in [5, 5.41) is 9.98. The summed E-state index contributed by atoms with van der Waals surface area (Å²) in [6.07, 6.45) is 2.30. The van der Waals surface area contributed by atoms with Gasteiger partial charge in [0.25, 0.3) is 0 Å². The van der Waals surface area contributed by atoms with Crippen LogP contribution in [0.2, 0.25) is 0 Å². The molecule has 0 atom stereocenters. The van der Waals surface area contributed by atoms with Gasteiger partial charge in [0.15, 0.2) is 0 Å². The summed E-state index contributed by atoms with van der Waals surface area (Å²) < 4.78 is 27.2. The van der Waals surface area contributed by atoms with E-state index < -0.39 is 15.6 Å². The molecule has 1 aromatic carbocycles. The van der Waals surface area contributed by atoms with E-state index in [1.54, 1.807) is 13.8 Å². The van der Waals surface area contributed by atoms with Crippen molar-refractivity contribution in [1.29, 1.82) is 0 Å². The first-order valence-electron chi connectivity index (χ1n) is 6.53. The van der Waals surface area contributed by atoms with Gasteiger partial charge < -0.3 is 5.11 Å². The minimum atomic E-state index is -3.56. The van der Waals surface area contributed by atoms with E-state index >= 15 is 0 Å². The summed E-state index contributed by atoms with van der Waals surface area (Å²) in [7, 11) is -3.56. The summed E-state index contributed by atoms with van der Waals surface area (Å²) in [4.78, 5) is 0.334. The minimum absolute atomic E-state index is 0.0993. The molecule has 1 saturated carbocycles. The second-order valence-corrected chi connectivity index (χ2v) is 7.33. The van der Waals surface area contributed by atoms with E-state index in [4.69, 9.17) is 0 Å². The van der Waals surface area contributed by atoms with Crippen molar-refractivity contribution in [1.82, 2.24) is 4.72 Å². The highest BCUT2D eigenvalue weighted by molar-refractivity contribution is 7.89. The fraction of sp³-hybridized carbons (Fsp3) is 0.571. The topological polar surface area (TPSA) is 66.4 Å². The highest BCUT2D eigenvalue weighted by Crippen LogP contribution is 2.31. The first-order valence-corrected chi connectivity index (χ1v) is 8.02. The van der Waals surface area contributed by atoms with E-state index in [0.717, 1.165) is 23.1 Å². The standard InChI is InChI=1S/C14H21NO3S/c1-10-7-11(2)13(12(3)8-10)19(17,18)15-9-14(16)5-4-6-14/h7-8,15-16H,4-6,9H2,1-3H3. The molecule has 5 heteroatoms. The number of aryl methyl sites for hydroxylation is 3. The molecule has 0 aromatic heterocycles. The van der Waals surface area contributed by atoms with Crippen molar-refractivity contribution in [2.75, 3.05) is 6.54 Å². The zero-order chi connectivity index (χ0) is 14.3. The zero-order valence-corrected chi connectivity index (χ0v) is 12.5. The summed E-state index contributed by atoms with van der Waals surface area (Å²) in [6.45, 7) is 5.64. The van der Waals surface area contributed by atoms with Crippen LogP contribution >= 0.6 is 0 Å². The smallest absolute Gasteiger partial charge is 0.241 e. The van der Waals surface area contributed by atoms with Gasteiger partial charge in [0.2, 0.25) is 10.0 Å². The molecule has 106 valence electrons. The van der Waals surface area contributed by atoms with Crippen LogP contribution in [0.5, 0.6) is 0 Å². The first kappa shape index (κ1) is 14.5. The molecule has 0 spiro atoms. The van der Waals surface area contributed by atoms with Crippen molar-refractivity contribution in [3.05, 3.63) is 28.8 Å². The van der Waals surface area contributed by atoms with Crippen LogP contribution in [0.1, 0.15) is 36.0 Å². The molecule has 0 radical (unpaired) electrons.